The Hall–Kier alpha value is -0.0400. The summed E-state index contributed by atoms with van der Waals surface area (Å²) in [7, 11) is 0. The molecule has 98 valence electrons. The summed E-state index contributed by atoms with van der Waals surface area (Å²) >= 11 is 0. The van der Waals surface area contributed by atoms with E-state index in [-0.39, 0.29) is 0 Å². The van der Waals surface area contributed by atoms with E-state index in [9.17, 15) is 0 Å². The van der Waals surface area contributed by atoms with Crippen molar-refractivity contribution in [2.75, 3.05) is 0 Å². The molecule has 0 radical (unpaired) electrons. The molecule has 3 atom stereocenters. The summed E-state index contributed by atoms with van der Waals surface area (Å²) in [6.45, 7) is 4.91. The largest absolute Gasteiger partial charge is 0.311 e. The van der Waals surface area contributed by atoms with Gasteiger partial charge >= 0.3 is 0 Å². The molecule has 0 aromatic rings. The fourth-order valence-corrected chi connectivity index (χ4v) is 4.29. The number of hydrogen-bond donors (Lipinski definition) is 1. The topological polar surface area (TPSA) is 12.0 Å². The molecule has 0 saturated heterocycles. The molecular weight excluding hydrogens is 206 g/mol. The molecule has 0 heterocycles. The zero-order valence-electron chi connectivity index (χ0n) is 11.7. The van der Waals surface area contributed by atoms with Gasteiger partial charge in [0.05, 0.1) is 0 Å². The standard InChI is InChI=1S/C16H29N/c1-16(2)10-4-7-15(16)17-14-6-3-5-13(11-14)12-8-9-12/h12-15,17H,3-11H2,1-2H3. The van der Waals surface area contributed by atoms with E-state index < -0.39 is 0 Å². The molecule has 0 bridgehead atoms. The predicted octanol–water partition coefficient (Wildman–Crippen LogP) is 4.12. The molecule has 0 spiro atoms. The van der Waals surface area contributed by atoms with E-state index in [0.717, 1.165) is 23.9 Å². The summed E-state index contributed by atoms with van der Waals surface area (Å²) in [6.07, 6.45) is 13.3. The maximum atomic E-state index is 4.02. The Morgan fingerprint density at radius 3 is 2.35 bits per heavy atom. The number of hydrogen-bond acceptors (Lipinski definition) is 1. The molecule has 1 N–H and O–H groups in total. The molecule has 0 aliphatic heterocycles. The lowest BCUT2D eigenvalue weighted by Crippen LogP contribution is -2.46. The summed E-state index contributed by atoms with van der Waals surface area (Å²) < 4.78 is 0. The van der Waals surface area contributed by atoms with E-state index in [1.165, 1.54) is 57.8 Å². The SMILES string of the molecule is CC1(C)CCCC1NC1CCCC(C2CC2)C1. The Morgan fingerprint density at radius 2 is 1.71 bits per heavy atom. The van der Waals surface area contributed by atoms with Crippen molar-refractivity contribution in [2.45, 2.75) is 83.7 Å². The van der Waals surface area contributed by atoms with Crippen LogP contribution in [-0.4, -0.2) is 12.1 Å². The summed E-state index contributed by atoms with van der Waals surface area (Å²) in [4.78, 5) is 0. The predicted molar refractivity (Wildman–Crippen MR) is 73.0 cm³/mol. The van der Waals surface area contributed by atoms with Crippen molar-refractivity contribution in [3.63, 3.8) is 0 Å². The van der Waals surface area contributed by atoms with Gasteiger partial charge in [-0.15, -0.1) is 0 Å². The van der Waals surface area contributed by atoms with Crippen molar-refractivity contribution >= 4 is 0 Å². The molecule has 3 unspecified atom stereocenters. The van der Waals surface area contributed by atoms with Gasteiger partial charge in [0.15, 0.2) is 0 Å². The van der Waals surface area contributed by atoms with E-state index in [2.05, 4.69) is 19.2 Å². The average Bonchev–Trinajstić information content (AvgIpc) is 3.07. The Balaban J connectivity index is 1.53. The second kappa shape index (κ2) is 4.57. The Kier molecular flexibility index (Phi) is 3.23. The molecule has 3 fully saturated rings. The first-order valence-corrected chi connectivity index (χ1v) is 7.91. The third kappa shape index (κ3) is 2.70. The van der Waals surface area contributed by atoms with Gasteiger partial charge in [-0.1, -0.05) is 33.1 Å². The minimum Gasteiger partial charge on any atom is -0.311 e. The molecular formula is C16H29N. The van der Waals surface area contributed by atoms with Gasteiger partial charge in [0.1, 0.15) is 0 Å². The van der Waals surface area contributed by atoms with E-state index in [0.29, 0.717) is 5.41 Å². The lowest BCUT2D eigenvalue weighted by Gasteiger charge is -2.36. The number of nitrogens with one attached hydrogen (secondary N) is 1. The fraction of sp³-hybridized carbons (Fsp3) is 1.00. The van der Waals surface area contributed by atoms with Crippen LogP contribution in [-0.2, 0) is 0 Å². The van der Waals surface area contributed by atoms with Crippen LogP contribution in [0.3, 0.4) is 0 Å². The second-order valence-electron chi connectivity index (χ2n) is 7.56. The van der Waals surface area contributed by atoms with Gasteiger partial charge in [0.25, 0.3) is 0 Å². The van der Waals surface area contributed by atoms with E-state index >= 15 is 0 Å². The van der Waals surface area contributed by atoms with Crippen molar-refractivity contribution in [2.24, 2.45) is 17.3 Å². The summed E-state index contributed by atoms with van der Waals surface area (Å²) in [5.41, 5.74) is 0.548. The van der Waals surface area contributed by atoms with E-state index in [4.69, 9.17) is 0 Å². The first-order valence-electron chi connectivity index (χ1n) is 7.91. The van der Waals surface area contributed by atoms with Crippen molar-refractivity contribution in [3.05, 3.63) is 0 Å². The molecule has 0 aromatic carbocycles. The van der Waals surface area contributed by atoms with Gasteiger partial charge in [0, 0.05) is 12.1 Å². The zero-order chi connectivity index (χ0) is 11.9. The lowest BCUT2D eigenvalue weighted by molar-refractivity contribution is 0.202. The monoisotopic (exact) mass is 235 g/mol. The van der Waals surface area contributed by atoms with Gasteiger partial charge in [0.2, 0.25) is 0 Å². The molecule has 3 saturated carbocycles. The van der Waals surface area contributed by atoms with Gasteiger partial charge in [-0.05, 0) is 55.8 Å². The van der Waals surface area contributed by atoms with Gasteiger partial charge in [-0.25, -0.2) is 0 Å². The smallest absolute Gasteiger partial charge is 0.0121 e. The van der Waals surface area contributed by atoms with Gasteiger partial charge in [-0.3, -0.25) is 0 Å². The van der Waals surface area contributed by atoms with Crippen molar-refractivity contribution in [1.29, 1.82) is 0 Å². The summed E-state index contributed by atoms with van der Waals surface area (Å²) in [6, 6.07) is 1.64. The highest BCUT2D eigenvalue weighted by molar-refractivity contribution is 4.94. The molecule has 17 heavy (non-hydrogen) atoms. The fourth-order valence-electron chi connectivity index (χ4n) is 4.29. The van der Waals surface area contributed by atoms with E-state index in [1.54, 1.807) is 0 Å². The highest BCUT2D eigenvalue weighted by atomic mass is 15.0. The third-order valence-corrected chi connectivity index (χ3v) is 5.70. The van der Waals surface area contributed by atoms with Crippen LogP contribution in [0.15, 0.2) is 0 Å². The molecule has 0 aromatic heterocycles. The van der Waals surface area contributed by atoms with Crippen LogP contribution in [0.1, 0.15) is 71.6 Å². The highest BCUT2D eigenvalue weighted by Crippen LogP contribution is 2.45. The molecule has 1 nitrogen and oxygen atoms in total. The average molecular weight is 235 g/mol. The lowest BCUT2D eigenvalue weighted by atomic mass is 9.81. The maximum absolute atomic E-state index is 4.02. The second-order valence-corrected chi connectivity index (χ2v) is 7.56. The Bertz CT molecular complexity index is 267. The van der Waals surface area contributed by atoms with Crippen LogP contribution in [0, 0.1) is 17.3 Å². The molecule has 1 heteroatoms. The summed E-state index contributed by atoms with van der Waals surface area (Å²) in [5.74, 6) is 2.20. The van der Waals surface area contributed by atoms with Crippen LogP contribution in [0.25, 0.3) is 0 Å². The van der Waals surface area contributed by atoms with Crippen molar-refractivity contribution in [1.82, 2.24) is 5.32 Å². The molecule has 3 aliphatic carbocycles. The van der Waals surface area contributed by atoms with Gasteiger partial charge in [-0.2, -0.15) is 0 Å². The molecule has 3 rings (SSSR count). The normalized spacial score (nSPS) is 41.6. The minimum absolute atomic E-state index is 0.548. The van der Waals surface area contributed by atoms with Crippen LogP contribution < -0.4 is 5.32 Å². The van der Waals surface area contributed by atoms with Crippen molar-refractivity contribution in [3.8, 4) is 0 Å². The molecule has 0 amide bonds. The molecule has 3 aliphatic rings. The highest BCUT2D eigenvalue weighted by Gasteiger charge is 2.38. The van der Waals surface area contributed by atoms with Crippen LogP contribution in [0.4, 0.5) is 0 Å². The zero-order valence-corrected chi connectivity index (χ0v) is 11.7. The van der Waals surface area contributed by atoms with Crippen LogP contribution in [0.2, 0.25) is 0 Å². The van der Waals surface area contributed by atoms with E-state index in [1.807, 2.05) is 0 Å². The Labute approximate surface area is 107 Å². The maximum Gasteiger partial charge on any atom is 0.0121 e. The minimum atomic E-state index is 0.548. The number of rotatable bonds is 3. The first kappa shape index (κ1) is 12.0. The quantitative estimate of drug-likeness (QED) is 0.776. The van der Waals surface area contributed by atoms with Crippen LogP contribution in [0.5, 0.6) is 0 Å². The first-order chi connectivity index (χ1) is 8.15. The Morgan fingerprint density at radius 1 is 0.882 bits per heavy atom. The van der Waals surface area contributed by atoms with Crippen molar-refractivity contribution < 1.29 is 0 Å². The third-order valence-electron chi connectivity index (χ3n) is 5.70. The summed E-state index contributed by atoms with van der Waals surface area (Å²) in [5, 5.41) is 4.02. The van der Waals surface area contributed by atoms with Crippen LogP contribution >= 0.6 is 0 Å². The van der Waals surface area contributed by atoms with Gasteiger partial charge < -0.3 is 5.32 Å².